The average Bonchev–Trinajstić information content (AvgIpc) is 3.30. The number of ether oxygens (including phenoxy) is 2. The minimum atomic E-state index is -4.34. The molecular weight excluding hydrogens is 418 g/mol. The molecule has 2 fully saturated rings. The van der Waals surface area contributed by atoms with E-state index in [-0.39, 0.29) is 44.9 Å². The fourth-order valence-electron chi connectivity index (χ4n) is 4.52. The number of rotatable bonds is 4. The monoisotopic (exact) mass is 442 g/mol. The van der Waals surface area contributed by atoms with Crippen LogP contribution in [0.1, 0.15) is 51.4 Å². The van der Waals surface area contributed by atoms with Crippen LogP contribution in [0, 0.1) is 23.7 Å². The molecular formula is C20H24F6O4. The van der Waals surface area contributed by atoms with Gasteiger partial charge in [-0.2, -0.15) is 26.3 Å². The largest absolute Gasteiger partial charge is 0.462 e. The summed E-state index contributed by atoms with van der Waals surface area (Å²) in [5, 5.41) is 0. The molecule has 0 saturated heterocycles. The molecule has 0 radical (unpaired) electrons. The second kappa shape index (κ2) is 8.78. The smallest absolute Gasteiger partial charge is 0.391 e. The molecule has 0 N–H and O–H groups in total. The number of esters is 2. The van der Waals surface area contributed by atoms with E-state index in [4.69, 9.17) is 9.47 Å². The van der Waals surface area contributed by atoms with Gasteiger partial charge in [-0.25, -0.2) is 0 Å². The second-order valence-corrected chi connectivity index (χ2v) is 8.36. The highest BCUT2D eigenvalue weighted by atomic mass is 19.4. The van der Waals surface area contributed by atoms with Gasteiger partial charge in [-0.3, -0.25) is 9.59 Å². The van der Waals surface area contributed by atoms with Crippen molar-refractivity contribution in [2.24, 2.45) is 23.7 Å². The zero-order valence-electron chi connectivity index (χ0n) is 16.2. The van der Waals surface area contributed by atoms with Crippen LogP contribution >= 0.6 is 0 Å². The van der Waals surface area contributed by atoms with E-state index in [1.165, 1.54) is 6.08 Å². The lowest BCUT2D eigenvalue weighted by atomic mass is 9.84. The molecule has 10 heteroatoms. The van der Waals surface area contributed by atoms with Crippen LogP contribution in [0.25, 0.3) is 0 Å². The van der Waals surface area contributed by atoms with E-state index in [0.717, 1.165) is 0 Å². The number of hydrogen-bond donors (Lipinski definition) is 0. The van der Waals surface area contributed by atoms with Crippen LogP contribution in [-0.2, 0) is 19.1 Å². The minimum Gasteiger partial charge on any atom is -0.462 e. The van der Waals surface area contributed by atoms with Crippen molar-refractivity contribution in [3.05, 3.63) is 12.2 Å². The summed E-state index contributed by atoms with van der Waals surface area (Å²) in [5.41, 5.74) is 0. The number of hydrogen-bond acceptors (Lipinski definition) is 4. The molecule has 3 aliphatic rings. The zero-order valence-corrected chi connectivity index (χ0v) is 16.2. The maximum atomic E-state index is 12.8. The Labute approximate surface area is 170 Å². The van der Waals surface area contributed by atoms with E-state index < -0.39 is 60.2 Å². The molecule has 2 saturated carbocycles. The van der Waals surface area contributed by atoms with Crippen LogP contribution in [-0.4, -0.2) is 36.5 Å². The zero-order chi connectivity index (χ0) is 22.1. The molecule has 6 unspecified atom stereocenters. The van der Waals surface area contributed by atoms with Crippen molar-refractivity contribution in [1.82, 2.24) is 0 Å². The van der Waals surface area contributed by atoms with Crippen molar-refractivity contribution < 1.29 is 45.4 Å². The summed E-state index contributed by atoms with van der Waals surface area (Å²) in [7, 11) is 0. The van der Waals surface area contributed by atoms with E-state index in [9.17, 15) is 35.9 Å². The highest BCUT2D eigenvalue weighted by Gasteiger charge is 2.47. The van der Waals surface area contributed by atoms with Crippen LogP contribution in [0.15, 0.2) is 12.2 Å². The molecule has 0 bridgehead atoms. The molecule has 0 aromatic carbocycles. The van der Waals surface area contributed by atoms with Crippen molar-refractivity contribution in [2.45, 2.75) is 75.9 Å². The summed E-state index contributed by atoms with van der Waals surface area (Å²) in [6, 6.07) is 0. The van der Waals surface area contributed by atoms with Gasteiger partial charge in [0.15, 0.2) is 0 Å². The van der Waals surface area contributed by atoms with Crippen LogP contribution < -0.4 is 0 Å². The van der Waals surface area contributed by atoms with Gasteiger partial charge in [-0.05, 0) is 51.4 Å². The Morgan fingerprint density at radius 3 is 1.70 bits per heavy atom. The summed E-state index contributed by atoms with van der Waals surface area (Å²) < 4.78 is 87.3. The lowest BCUT2D eigenvalue weighted by Crippen LogP contribution is -2.36. The number of alkyl halides is 6. The van der Waals surface area contributed by atoms with Gasteiger partial charge in [0.1, 0.15) is 12.2 Å². The quantitative estimate of drug-likeness (QED) is 0.345. The lowest BCUT2D eigenvalue weighted by molar-refractivity contribution is -0.179. The van der Waals surface area contributed by atoms with E-state index in [0.29, 0.717) is 6.42 Å². The first-order valence-electron chi connectivity index (χ1n) is 10.2. The maximum absolute atomic E-state index is 12.8. The average molecular weight is 442 g/mol. The third kappa shape index (κ3) is 5.49. The molecule has 6 atom stereocenters. The van der Waals surface area contributed by atoms with E-state index in [1.54, 1.807) is 6.08 Å². The molecule has 0 aliphatic heterocycles. The number of halogens is 6. The number of carbonyl (C=O) groups excluding carboxylic acids is 2. The van der Waals surface area contributed by atoms with Crippen molar-refractivity contribution in [2.75, 3.05) is 0 Å². The van der Waals surface area contributed by atoms with Gasteiger partial charge in [0.05, 0.1) is 23.7 Å². The Morgan fingerprint density at radius 1 is 0.733 bits per heavy atom. The third-order valence-electron chi connectivity index (χ3n) is 6.26. The van der Waals surface area contributed by atoms with Crippen molar-refractivity contribution in [3.8, 4) is 0 Å². The van der Waals surface area contributed by atoms with Crippen molar-refractivity contribution in [1.29, 1.82) is 0 Å². The first-order valence-corrected chi connectivity index (χ1v) is 10.2. The Balaban J connectivity index is 1.55. The fraction of sp³-hybridized carbons (Fsp3) is 0.800. The van der Waals surface area contributed by atoms with Gasteiger partial charge in [0.25, 0.3) is 0 Å². The van der Waals surface area contributed by atoms with Gasteiger partial charge >= 0.3 is 24.3 Å². The van der Waals surface area contributed by atoms with E-state index in [2.05, 4.69) is 0 Å². The lowest BCUT2D eigenvalue weighted by Gasteiger charge is -2.27. The van der Waals surface area contributed by atoms with Crippen LogP contribution in [0.3, 0.4) is 0 Å². The van der Waals surface area contributed by atoms with Gasteiger partial charge in [-0.15, -0.1) is 0 Å². The molecule has 0 aromatic rings. The maximum Gasteiger partial charge on any atom is 0.391 e. The second-order valence-electron chi connectivity index (χ2n) is 8.36. The Bertz CT molecular complexity index is 671. The highest BCUT2D eigenvalue weighted by molar-refractivity contribution is 5.84. The van der Waals surface area contributed by atoms with Gasteiger partial charge < -0.3 is 9.47 Å². The molecule has 3 aliphatic carbocycles. The molecule has 0 aromatic heterocycles. The first-order chi connectivity index (χ1) is 13.9. The van der Waals surface area contributed by atoms with Crippen LogP contribution in [0.2, 0.25) is 0 Å². The SMILES string of the molecule is O=C(OC1CCC(C(F)(F)F)C1)C1C=CCCC1C(=O)OC1CCC(C(F)(F)F)C1. The van der Waals surface area contributed by atoms with Gasteiger partial charge in [-0.1, -0.05) is 12.2 Å². The molecule has 0 spiro atoms. The van der Waals surface area contributed by atoms with Gasteiger partial charge in [0.2, 0.25) is 0 Å². The minimum absolute atomic E-state index is 0.0996. The molecule has 0 heterocycles. The normalized spacial score (nSPS) is 34.7. The fourth-order valence-corrected chi connectivity index (χ4v) is 4.52. The topological polar surface area (TPSA) is 52.6 Å². The van der Waals surface area contributed by atoms with E-state index in [1.807, 2.05) is 0 Å². The first kappa shape index (κ1) is 22.9. The summed E-state index contributed by atoms with van der Waals surface area (Å²) in [6.45, 7) is 0. The molecule has 3 rings (SSSR count). The Morgan fingerprint density at radius 2 is 1.23 bits per heavy atom. The predicted molar refractivity (Wildman–Crippen MR) is 91.9 cm³/mol. The van der Waals surface area contributed by atoms with Gasteiger partial charge in [0, 0.05) is 0 Å². The van der Waals surface area contributed by atoms with E-state index >= 15 is 0 Å². The highest BCUT2D eigenvalue weighted by Crippen LogP contribution is 2.42. The van der Waals surface area contributed by atoms with Crippen molar-refractivity contribution in [3.63, 3.8) is 0 Å². The molecule has 0 amide bonds. The van der Waals surface area contributed by atoms with Crippen LogP contribution in [0.4, 0.5) is 26.3 Å². The number of carbonyl (C=O) groups is 2. The Kier molecular flexibility index (Phi) is 6.72. The Hall–Kier alpha value is -1.74. The summed E-state index contributed by atoms with van der Waals surface area (Å²) in [6.07, 6.45) is -7.11. The summed E-state index contributed by atoms with van der Waals surface area (Å²) in [5.74, 6) is -6.48. The van der Waals surface area contributed by atoms with Crippen LogP contribution in [0.5, 0.6) is 0 Å². The molecule has 170 valence electrons. The standard InChI is InChI=1S/C20H24F6O4/c21-19(22,23)11-5-7-13(9-11)29-17(27)15-3-1-2-4-16(15)18(28)30-14-8-6-12(10-14)20(24,25)26/h1,3,11-16H,2,4-10H2. The molecule has 30 heavy (non-hydrogen) atoms. The summed E-state index contributed by atoms with van der Waals surface area (Å²) >= 11 is 0. The summed E-state index contributed by atoms with van der Waals surface area (Å²) in [4.78, 5) is 25.1. The number of allylic oxidation sites excluding steroid dienone is 1. The predicted octanol–water partition coefficient (Wildman–Crippen LogP) is 5.12. The molecule has 4 nitrogen and oxygen atoms in total. The third-order valence-corrected chi connectivity index (χ3v) is 6.26. The van der Waals surface area contributed by atoms with Crippen molar-refractivity contribution >= 4 is 11.9 Å².